The summed E-state index contributed by atoms with van der Waals surface area (Å²) in [6.07, 6.45) is 2.80. The Hall–Kier alpha value is -1.57. The summed E-state index contributed by atoms with van der Waals surface area (Å²) >= 11 is 0. The van der Waals surface area contributed by atoms with Crippen LogP contribution in [0.4, 0.5) is 8.78 Å². The molecule has 0 spiro atoms. The Morgan fingerprint density at radius 3 is 2.87 bits per heavy atom. The maximum Gasteiger partial charge on any atom is 0.287 e. The van der Waals surface area contributed by atoms with E-state index in [1.54, 1.807) is 0 Å². The summed E-state index contributed by atoms with van der Waals surface area (Å²) in [4.78, 5) is 11.1. The van der Waals surface area contributed by atoms with Gasteiger partial charge in [0.05, 0.1) is 12.7 Å². The second-order valence-electron chi connectivity index (χ2n) is 2.89. The third kappa shape index (κ3) is 3.98. The zero-order valence-corrected chi connectivity index (χ0v) is 7.73. The Bertz CT molecular complexity index is 315. The molecule has 15 heavy (non-hydrogen) atoms. The Morgan fingerprint density at radius 1 is 1.60 bits per heavy atom. The first-order valence-electron chi connectivity index (χ1n) is 4.13. The van der Waals surface area contributed by atoms with Gasteiger partial charge in [0.2, 0.25) is 5.91 Å². The van der Waals surface area contributed by atoms with Crippen molar-refractivity contribution in [3.8, 4) is 0 Å². The van der Waals surface area contributed by atoms with E-state index >= 15 is 0 Å². The lowest BCUT2D eigenvalue weighted by Gasteiger charge is -2.13. The maximum absolute atomic E-state index is 12.5. The van der Waals surface area contributed by atoms with E-state index in [1.165, 1.54) is 17.1 Å². The molecular formula is C7H10F2N4O2. The van der Waals surface area contributed by atoms with Crippen molar-refractivity contribution in [1.29, 1.82) is 0 Å². The average Bonchev–Trinajstić information content (AvgIpc) is 2.68. The summed E-state index contributed by atoms with van der Waals surface area (Å²) in [6.45, 7) is -2.37. The first-order valence-corrected chi connectivity index (χ1v) is 4.13. The fourth-order valence-electron chi connectivity index (χ4n) is 0.804. The van der Waals surface area contributed by atoms with Crippen molar-refractivity contribution in [2.45, 2.75) is 12.5 Å². The summed E-state index contributed by atoms with van der Waals surface area (Å²) in [5.41, 5.74) is 0. The highest BCUT2D eigenvalue weighted by molar-refractivity contribution is 5.75. The first kappa shape index (κ1) is 11.5. The predicted octanol–water partition coefficient (Wildman–Crippen LogP) is -0.978. The molecule has 0 saturated carbocycles. The molecule has 1 heterocycles. The minimum Gasteiger partial charge on any atom is -0.390 e. The van der Waals surface area contributed by atoms with Gasteiger partial charge in [-0.1, -0.05) is 5.21 Å². The van der Waals surface area contributed by atoms with Gasteiger partial charge >= 0.3 is 0 Å². The number of hydrogen-bond acceptors (Lipinski definition) is 4. The standard InChI is InChI=1S/C7H10F2N4O2/c8-7(9,5-14)4-10-6(15)3-13-2-1-11-12-13/h1-2,14H,3-5H2,(H,10,15). The second-order valence-corrected chi connectivity index (χ2v) is 2.89. The molecule has 0 fully saturated rings. The number of aromatic nitrogens is 3. The van der Waals surface area contributed by atoms with Crippen LogP contribution >= 0.6 is 0 Å². The van der Waals surface area contributed by atoms with Crippen molar-refractivity contribution in [1.82, 2.24) is 20.3 Å². The molecule has 0 atom stereocenters. The van der Waals surface area contributed by atoms with E-state index in [2.05, 4.69) is 10.3 Å². The van der Waals surface area contributed by atoms with Gasteiger partial charge < -0.3 is 10.4 Å². The lowest BCUT2D eigenvalue weighted by atomic mass is 10.3. The van der Waals surface area contributed by atoms with E-state index in [0.29, 0.717) is 0 Å². The van der Waals surface area contributed by atoms with Crippen LogP contribution < -0.4 is 5.32 Å². The van der Waals surface area contributed by atoms with Crippen LogP contribution in [0.5, 0.6) is 0 Å². The van der Waals surface area contributed by atoms with Crippen molar-refractivity contribution in [2.75, 3.05) is 13.2 Å². The lowest BCUT2D eigenvalue weighted by molar-refractivity contribution is -0.124. The van der Waals surface area contributed by atoms with E-state index in [9.17, 15) is 13.6 Å². The monoisotopic (exact) mass is 220 g/mol. The van der Waals surface area contributed by atoms with E-state index in [0.717, 1.165) is 0 Å². The number of carbonyl (C=O) groups is 1. The molecule has 0 saturated heterocycles. The molecule has 0 aliphatic heterocycles. The van der Waals surface area contributed by atoms with Gasteiger partial charge in [-0.3, -0.25) is 4.79 Å². The van der Waals surface area contributed by atoms with Gasteiger partial charge in [0, 0.05) is 6.20 Å². The highest BCUT2D eigenvalue weighted by Crippen LogP contribution is 2.09. The summed E-state index contributed by atoms with van der Waals surface area (Å²) in [5.74, 6) is -3.91. The highest BCUT2D eigenvalue weighted by atomic mass is 19.3. The first-order chi connectivity index (χ1) is 7.03. The van der Waals surface area contributed by atoms with Crippen LogP contribution in [0.1, 0.15) is 0 Å². The third-order valence-electron chi connectivity index (χ3n) is 1.55. The Kier molecular flexibility index (Phi) is 3.67. The molecule has 1 aromatic rings. The number of aliphatic hydroxyl groups excluding tert-OH is 1. The minimum absolute atomic E-state index is 0.179. The van der Waals surface area contributed by atoms with Crippen molar-refractivity contribution in [3.63, 3.8) is 0 Å². The number of nitrogens with zero attached hydrogens (tertiary/aromatic N) is 3. The van der Waals surface area contributed by atoms with Crippen LogP contribution in [0.25, 0.3) is 0 Å². The number of alkyl halides is 2. The fraction of sp³-hybridized carbons (Fsp3) is 0.571. The van der Waals surface area contributed by atoms with Gasteiger partial charge in [-0.15, -0.1) is 5.10 Å². The number of rotatable bonds is 5. The van der Waals surface area contributed by atoms with Gasteiger partial charge in [0.25, 0.3) is 5.92 Å². The molecule has 84 valence electrons. The number of nitrogens with one attached hydrogen (secondary N) is 1. The Balaban J connectivity index is 2.31. The molecule has 6 nitrogen and oxygen atoms in total. The molecule has 2 N–H and O–H groups in total. The molecule has 0 aliphatic rings. The maximum atomic E-state index is 12.5. The molecule has 1 amide bonds. The van der Waals surface area contributed by atoms with Crippen molar-refractivity contribution in [2.24, 2.45) is 0 Å². The molecule has 8 heteroatoms. The zero-order valence-electron chi connectivity index (χ0n) is 7.73. The Morgan fingerprint density at radius 2 is 2.33 bits per heavy atom. The molecule has 0 aliphatic carbocycles. The van der Waals surface area contributed by atoms with Crippen molar-refractivity contribution < 1.29 is 18.7 Å². The zero-order chi connectivity index (χ0) is 11.3. The van der Waals surface area contributed by atoms with Crippen LogP contribution in [0.3, 0.4) is 0 Å². The molecule has 0 radical (unpaired) electrons. The number of aliphatic hydroxyl groups is 1. The number of carbonyl (C=O) groups excluding carboxylic acids is 1. The Labute approximate surface area is 83.9 Å². The van der Waals surface area contributed by atoms with Gasteiger partial charge in [0.15, 0.2) is 0 Å². The predicted molar refractivity (Wildman–Crippen MR) is 45.1 cm³/mol. The van der Waals surface area contributed by atoms with Crippen molar-refractivity contribution >= 4 is 5.91 Å². The fourth-order valence-corrected chi connectivity index (χ4v) is 0.804. The van der Waals surface area contributed by atoms with Gasteiger partial charge in [-0.25, -0.2) is 13.5 Å². The van der Waals surface area contributed by atoms with Crippen LogP contribution in [-0.2, 0) is 11.3 Å². The molecule has 0 bridgehead atoms. The molecule has 0 unspecified atom stereocenters. The normalized spacial score (nSPS) is 11.4. The number of hydrogen-bond donors (Lipinski definition) is 2. The average molecular weight is 220 g/mol. The summed E-state index contributed by atoms with van der Waals surface area (Å²) in [6, 6.07) is 0. The van der Waals surface area contributed by atoms with Gasteiger partial charge in [0.1, 0.15) is 13.2 Å². The summed E-state index contributed by atoms with van der Waals surface area (Å²) in [7, 11) is 0. The summed E-state index contributed by atoms with van der Waals surface area (Å²) in [5, 5.41) is 17.1. The van der Waals surface area contributed by atoms with Crippen LogP contribution in [0.2, 0.25) is 0 Å². The SMILES string of the molecule is O=C(Cn1ccnn1)NCC(F)(F)CO. The minimum atomic E-state index is -3.29. The van der Waals surface area contributed by atoms with Crippen molar-refractivity contribution in [3.05, 3.63) is 12.4 Å². The number of amides is 1. The van der Waals surface area contributed by atoms with E-state index in [4.69, 9.17) is 5.11 Å². The van der Waals surface area contributed by atoms with Gasteiger partial charge in [-0.2, -0.15) is 0 Å². The van der Waals surface area contributed by atoms with Crippen LogP contribution in [0, 0.1) is 0 Å². The lowest BCUT2D eigenvalue weighted by Crippen LogP contribution is -2.40. The molecule has 1 rings (SSSR count). The van der Waals surface area contributed by atoms with Crippen LogP contribution in [-0.4, -0.2) is 45.1 Å². The number of halogens is 2. The highest BCUT2D eigenvalue weighted by Gasteiger charge is 2.28. The van der Waals surface area contributed by atoms with E-state index in [1.807, 2.05) is 5.32 Å². The smallest absolute Gasteiger partial charge is 0.287 e. The molecule has 0 aromatic carbocycles. The third-order valence-corrected chi connectivity index (χ3v) is 1.55. The quantitative estimate of drug-likeness (QED) is 0.668. The second kappa shape index (κ2) is 4.78. The summed E-state index contributed by atoms with van der Waals surface area (Å²) < 4.78 is 26.2. The van der Waals surface area contributed by atoms with Crippen LogP contribution in [0.15, 0.2) is 12.4 Å². The van der Waals surface area contributed by atoms with E-state index < -0.39 is 25.0 Å². The largest absolute Gasteiger partial charge is 0.390 e. The molecule has 1 aromatic heterocycles. The topological polar surface area (TPSA) is 80.0 Å². The van der Waals surface area contributed by atoms with E-state index in [-0.39, 0.29) is 6.54 Å². The van der Waals surface area contributed by atoms with Gasteiger partial charge in [-0.05, 0) is 0 Å². The molecular weight excluding hydrogens is 210 g/mol.